The van der Waals surface area contributed by atoms with Crippen LogP contribution in [0.1, 0.15) is 0 Å². The molecule has 0 radical (unpaired) electrons. The highest BCUT2D eigenvalue weighted by atomic mass is 16.5. The Hall–Kier alpha value is -4.14. The summed E-state index contributed by atoms with van der Waals surface area (Å²) in [7, 11) is 0. The van der Waals surface area contributed by atoms with Crippen molar-refractivity contribution in [3.63, 3.8) is 0 Å². The average molecular weight is 360 g/mol. The fourth-order valence-electron chi connectivity index (χ4n) is 3.12. The van der Waals surface area contributed by atoms with Crippen LogP contribution in [0, 0.1) is 0 Å². The minimum atomic E-state index is -0.394. The van der Waals surface area contributed by atoms with Gasteiger partial charge in [0, 0.05) is 17.6 Å². The summed E-state index contributed by atoms with van der Waals surface area (Å²) >= 11 is 0. The maximum absolute atomic E-state index is 12.5. The van der Waals surface area contributed by atoms with E-state index in [-0.39, 0.29) is 5.88 Å². The van der Waals surface area contributed by atoms with E-state index in [2.05, 4.69) is 20.2 Å². The Bertz CT molecular complexity index is 1370. The second kappa shape index (κ2) is 5.43. The van der Waals surface area contributed by atoms with E-state index in [0.29, 0.717) is 28.1 Å². The molecule has 9 heteroatoms. The summed E-state index contributed by atoms with van der Waals surface area (Å²) in [6.07, 6.45) is 3.13. The summed E-state index contributed by atoms with van der Waals surface area (Å²) in [5, 5.41) is 28.3. The molecule has 9 nitrogen and oxygen atoms in total. The molecular formula is C18H12N6O3. The number of nitrogens with zero attached hydrogens (tertiary/aromatic N) is 5. The summed E-state index contributed by atoms with van der Waals surface area (Å²) in [5.74, 6) is -0.281. The lowest BCUT2D eigenvalue weighted by atomic mass is 10.1. The largest absolute Gasteiger partial charge is 0.492 e. The Kier molecular flexibility index (Phi) is 3.04. The smallest absolute Gasteiger partial charge is 0.275 e. The second-order valence-corrected chi connectivity index (χ2v) is 6.00. The molecule has 0 amide bonds. The number of nitrogens with one attached hydrogen (secondary N) is 1. The quantitative estimate of drug-likeness (QED) is 0.414. The predicted octanol–water partition coefficient (Wildman–Crippen LogP) is 2.04. The molecule has 4 heterocycles. The number of hydrogen-bond donors (Lipinski definition) is 3. The molecule has 0 aliphatic rings. The highest BCUT2D eigenvalue weighted by Crippen LogP contribution is 2.31. The van der Waals surface area contributed by atoms with Crippen molar-refractivity contribution in [1.29, 1.82) is 0 Å². The SMILES string of the molecule is O=c1cc(-c2ccc3c(cnn3O)c2)[nH]c2c(-c3ccccn3)c(O)nn12. The molecule has 0 saturated carbocycles. The van der Waals surface area contributed by atoms with Gasteiger partial charge in [-0.25, -0.2) is 0 Å². The van der Waals surface area contributed by atoms with Gasteiger partial charge in [0.2, 0.25) is 5.88 Å². The van der Waals surface area contributed by atoms with Gasteiger partial charge in [0.25, 0.3) is 5.56 Å². The molecule has 0 fully saturated rings. The van der Waals surface area contributed by atoms with Gasteiger partial charge in [-0.3, -0.25) is 9.78 Å². The minimum Gasteiger partial charge on any atom is -0.492 e. The lowest BCUT2D eigenvalue weighted by molar-refractivity contribution is 0.161. The number of aromatic hydroxyl groups is 1. The van der Waals surface area contributed by atoms with Crippen LogP contribution in [-0.2, 0) is 0 Å². The number of H-pyrrole nitrogens is 1. The van der Waals surface area contributed by atoms with Gasteiger partial charge >= 0.3 is 0 Å². The fraction of sp³-hybridized carbons (Fsp3) is 0. The molecular weight excluding hydrogens is 348 g/mol. The van der Waals surface area contributed by atoms with Crippen LogP contribution in [-0.4, -0.2) is 39.8 Å². The van der Waals surface area contributed by atoms with Crippen molar-refractivity contribution < 1.29 is 10.3 Å². The molecule has 132 valence electrons. The van der Waals surface area contributed by atoms with Crippen molar-refractivity contribution in [2.75, 3.05) is 0 Å². The molecule has 0 unspecified atom stereocenters. The van der Waals surface area contributed by atoms with Crippen LogP contribution in [0.3, 0.4) is 0 Å². The van der Waals surface area contributed by atoms with Gasteiger partial charge < -0.3 is 15.3 Å². The van der Waals surface area contributed by atoms with Gasteiger partial charge in [-0.2, -0.15) is 4.52 Å². The lowest BCUT2D eigenvalue weighted by Crippen LogP contribution is -2.14. The van der Waals surface area contributed by atoms with Crippen molar-refractivity contribution in [1.82, 2.24) is 29.5 Å². The number of benzene rings is 1. The summed E-state index contributed by atoms with van der Waals surface area (Å²) in [4.78, 5) is 20.7. The van der Waals surface area contributed by atoms with E-state index in [1.54, 1.807) is 42.6 Å². The summed E-state index contributed by atoms with van der Waals surface area (Å²) in [5.41, 5.74) is 2.60. The maximum atomic E-state index is 12.5. The Morgan fingerprint density at radius 2 is 2.00 bits per heavy atom. The number of pyridine rings is 1. The first-order chi connectivity index (χ1) is 13.1. The monoisotopic (exact) mass is 360 g/mol. The zero-order chi connectivity index (χ0) is 18.5. The number of rotatable bonds is 2. The van der Waals surface area contributed by atoms with E-state index in [4.69, 9.17) is 0 Å². The predicted molar refractivity (Wildman–Crippen MR) is 96.6 cm³/mol. The Morgan fingerprint density at radius 1 is 1.11 bits per heavy atom. The third-order valence-electron chi connectivity index (χ3n) is 4.38. The minimum absolute atomic E-state index is 0.281. The normalized spacial score (nSPS) is 11.4. The zero-order valence-electron chi connectivity index (χ0n) is 13.7. The molecule has 27 heavy (non-hydrogen) atoms. The molecule has 5 aromatic rings. The van der Waals surface area contributed by atoms with E-state index in [9.17, 15) is 15.1 Å². The van der Waals surface area contributed by atoms with E-state index < -0.39 is 5.56 Å². The topological polar surface area (TPSA) is 121 Å². The van der Waals surface area contributed by atoms with Gasteiger partial charge in [-0.1, -0.05) is 12.1 Å². The first kappa shape index (κ1) is 15.1. The number of fused-ring (bicyclic) bond motifs is 2. The van der Waals surface area contributed by atoms with Crippen LogP contribution >= 0.6 is 0 Å². The fourth-order valence-corrected chi connectivity index (χ4v) is 3.12. The van der Waals surface area contributed by atoms with Crippen LogP contribution < -0.4 is 5.56 Å². The highest BCUT2D eigenvalue weighted by molar-refractivity contribution is 5.85. The molecule has 0 bridgehead atoms. The van der Waals surface area contributed by atoms with Crippen LogP contribution in [0.5, 0.6) is 5.88 Å². The van der Waals surface area contributed by atoms with Gasteiger partial charge in [0.15, 0.2) is 5.65 Å². The molecule has 0 atom stereocenters. The highest BCUT2D eigenvalue weighted by Gasteiger charge is 2.18. The zero-order valence-corrected chi connectivity index (χ0v) is 13.7. The molecule has 5 rings (SSSR count). The first-order valence-electron chi connectivity index (χ1n) is 8.05. The lowest BCUT2D eigenvalue weighted by Gasteiger charge is -2.05. The molecule has 4 aromatic heterocycles. The van der Waals surface area contributed by atoms with Crippen LogP contribution in [0.4, 0.5) is 0 Å². The summed E-state index contributed by atoms with van der Waals surface area (Å²) in [6, 6.07) is 11.9. The molecule has 3 N–H and O–H groups in total. The Labute approximate surface area is 150 Å². The number of aromatic nitrogens is 6. The van der Waals surface area contributed by atoms with Crippen molar-refractivity contribution >= 4 is 16.6 Å². The van der Waals surface area contributed by atoms with Crippen molar-refractivity contribution in [3.05, 3.63) is 65.2 Å². The van der Waals surface area contributed by atoms with E-state index in [1.165, 1.54) is 12.3 Å². The Balaban J connectivity index is 1.77. The molecule has 0 spiro atoms. The van der Waals surface area contributed by atoms with E-state index in [0.717, 1.165) is 20.3 Å². The summed E-state index contributed by atoms with van der Waals surface area (Å²) in [6.45, 7) is 0. The maximum Gasteiger partial charge on any atom is 0.275 e. The first-order valence-corrected chi connectivity index (χ1v) is 8.05. The Morgan fingerprint density at radius 3 is 2.81 bits per heavy atom. The van der Waals surface area contributed by atoms with Crippen molar-refractivity contribution in [2.24, 2.45) is 0 Å². The van der Waals surface area contributed by atoms with Gasteiger partial charge in [-0.15, -0.1) is 15.0 Å². The standard InChI is InChI=1S/C18H12N6O3/c25-15-8-13(10-4-5-14-11(7-10)9-20-24(14)27)21-17-16(18(26)22-23(15)17)12-3-1-2-6-19-12/h1-9,21,27H,(H,22,26). The van der Waals surface area contributed by atoms with Crippen molar-refractivity contribution in [3.8, 4) is 28.4 Å². The molecule has 0 aliphatic carbocycles. The second-order valence-electron chi connectivity index (χ2n) is 6.00. The van der Waals surface area contributed by atoms with Crippen LogP contribution in [0.15, 0.2) is 59.7 Å². The van der Waals surface area contributed by atoms with Gasteiger partial charge in [0.1, 0.15) is 11.1 Å². The van der Waals surface area contributed by atoms with Gasteiger partial charge in [-0.05, 0) is 29.8 Å². The number of hydrogen-bond acceptors (Lipinski definition) is 6. The molecule has 0 aliphatic heterocycles. The van der Waals surface area contributed by atoms with E-state index >= 15 is 0 Å². The van der Waals surface area contributed by atoms with Crippen molar-refractivity contribution in [2.45, 2.75) is 0 Å². The third kappa shape index (κ3) is 2.25. The number of aromatic amines is 1. The average Bonchev–Trinajstić information content (AvgIpc) is 3.22. The van der Waals surface area contributed by atoms with Gasteiger partial charge in [0.05, 0.1) is 17.6 Å². The van der Waals surface area contributed by atoms with Crippen LogP contribution in [0.25, 0.3) is 39.1 Å². The third-order valence-corrected chi connectivity index (χ3v) is 4.38. The van der Waals surface area contributed by atoms with E-state index in [1.807, 2.05) is 0 Å². The molecule has 1 aromatic carbocycles. The summed E-state index contributed by atoms with van der Waals surface area (Å²) < 4.78 is 1.10. The van der Waals surface area contributed by atoms with Crippen LogP contribution in [0.2, 0.25) is 0 Å². The molecule has 0 saturated heterocycles.